The SMILES string of the molecule is CC1NCCN(C(=O)c2cn(Cc3ccccc3)nn2)C1C.Cl. The third-order valence-corrected chi connectivity index (χ3v) is 4.24. The molecule has 1 aliphatic heterocycles. The number of aromatic nitrogens is 3. The number of carbonyl (C=O) groups is 1. The Hall–Kier alpha value is -1.92. The lowest BCUT2D eigenvalue weighted by Gasteiger charge is -2.38. The fourth-order valence-corrected chi connectivity index (χ4v) is 2.73. The van der Waals surface area contributed by atoms with Crippen LogP contribution in [0.15, 0.2) is 36.5 Å². The van der Waals surface area contributed by atoms with E-state index in [0.29, 0.717) is 18.8 Å². The van der Waals surface area contributed by atoms with Crippen LogP contribution in [0.3, 0.4) is 0 Å². The van der Waals surface area contributed by atoms with Crippen molar-refractivity contribution in [3.05, 3.63) is 47.8 Å². The Kier molecular flexibility index (Phi) is 5.74. The highest BCUT2D eigenvalue weighted by atomic mass is 35.5. The van der Waals surface area contributed by atoms with Crippen LogP contribution >= 0.6 is 12.4 Å². The smallest absolute Gasteiger partial charge is 0.276 e. The lowest BCUT2D eigenvalue weighted by molar-refractivity contribution is 0.0597. The van der Waals surface area contributed by atoms with E-state index in [9.17, 15) is 4.79 Å². The molecule has 1 aromatic carbocycles. The normalized spacial score (nSPS) is 20.9. The van der Waals surface area contributed by atoms with Crippen molar-refractivity contribution in [1.29, 1.82) is 0 Å². The Morgan fingerprint density at radius 1 is 1.30 bits per heavy atom. The van der Waals surface area contributed by atoms with E-state index in [4.69, 9.17) is 0 Å². The summed E-state index contributed by atoms with van der Waals surface area (Å²) in [7, 11) is 0. The van der Waals surface area contributed by atoms with Crippen molar-refractivity contribution in [2.45, 2.75) is 32.5 Å². The van der Waals surface area contributed by atoms with Crippen LogP contribution in [0.5, 0.6) is 0 Å². The molecule has 23 heavy (non-hydrogen) atoms. The number of halogens is 1. The van der Waals surface area contributed by atoms with Gasteiger partial charge in [-0.15, -0.1) is 17.5 Å². The van der Waals surface area contributed by atoms with Crippen LogP contribution < -0.4 is 5.32 Å². The van der Waals surface area contributed by atoms with Crippen LogP contribution in [0.25, 0.3) is 0 Å². The second-order valence-electron chi connectivity index (χ2n) is 5.77. The molecule has 0 spiro atoms. The van der Waals surface area contributed by atoms with Gasteiger partial charge in [0.2, 0.25) is 0 Å². The molecule has 1 amide bonds. The van der Waals surface area contributed by atoms with Crippen LogP contribution in [0, 0.1) is 0 Å². The van der Waals surface area contributed by atoms with Crippen molar-refractivity contribution in [2.24, 2.45) is 0 Å². The van der Waals surface area contributed by atoms with Gasteiger partial charge in [0.05, 0.1) is 12.7 Å². The number of hydrogen-bond acceptors (Lipinski definition) is 4. The summed E-state index contributed by atoms with van der Waals surface area (Å²) >= 11 is 0. The van der Waals surface area contributed by atoms with E-state index in [-0.39, 0.29) is 30.4 Å². The van der Waals surface area contributed by atoms with Crippen molar-refractivity contribution in [2.75, 3.05) is 13.1 Å². The lowest BCUT2D eigenvalue weighted by Crippen LogP contribution is -2.57. The quantitative estimate of drug-likeness (QED) is 0.925. The molecule has 1 saturated heterocycles. The van der Waals surface area contributed by atoms with Gasteiger partial charge in [-0.2, -0.15) is 0 Å². The molecule has 2 atom stereocenters. The maximum atomic E-state index is 12.6. The van der Waals surface area contributed by atoms with E-state index in [1.165, 1.54) is 0 Å². The molecule has 2 heterocycles. The number of rotatable bonds is 3. The topological polar surface area (TPSA) is 63.1 Å². The molecule has 0 radical (unpaired) electrons. The van der Waals surface area contributed by atoms with Crippen molar-refractivity contribution in [3.63, 3.8) is 0 Å². The van der Waals surface area contributed by atoms with E-state index in [1.807, 2.05) is 35.2 Å². The molecule has 1 N–H and O–H groups in total. The standard InChI is InChI=1S/C16H21N5O.ClH/c1-12-13(2)21(9-8-17-12)16(22)15-11-20(19-18-15)10-14-6-4-3-5-7-14;/h3-7,11-13,17H,8-10H2,1-2H3;1H. The van der Waals surface area contributed by atoms with E-state index in [1.54, 1.807) is 10.9 Å². The van der Waals surface area contributed by atoms with Gasteiger partial charge in [0.1, 0.15) is 0 Å². The second-order valence-corrected chi connectivity index (χ2v) is 5.77. The first-order valence-electron chi connectivity index (χ1n) is 7.63. The Morgan fingerprint density at radius 2 is 2.04 bits per heavy atom. The molecule has 1 aromatic heterocycles. The second kappa shape index (κ2) is 7.57. The number of benzene rings is 1. The molecule has 0 aliphatic carbocycles. The summed E-state index contributed by atoms with van der Waals surface area (Å²) < 4.78 is 1.71. The molecule has 0 bridgehead atoms. The highest BCUT2D eigenvalue weighted by Crippen LogP contribution is 2.12. The highest BCUT2D eigenvalue weighted by molar-refractivity contribution is 5.92. The van der Waals surface area contributed by atoms with E-state index < -0.39 is 0 Å². The van der Waals surface area contributed by atoms with Gasteiger partial charge in [-0.05, 0) is 19.4 Å². The minimum Gasteiger partial charge on any atom is -0.332 e. The Labute approximate surface area is 142 Å². The lowest BCUT2D eigenvalue weighted by atomic mass is 10.1. The maximum Gasteiger partial charge on any atom is 0.276 e. The monoisotopic (exact) mass is 335 g/mol. The zero-order valence-corrected chi connectivity index (χ0v) is 14.2. The Morgan fingerprint density at radius 3 is 2.78 bits per heavy atom. The first kappa shape index (κ1) is 17.4. The van der Waals surface area contributed by atoms with Gasteiger partial charge in [-0.3, -0.25) is 4.79 Å². The predicted octanol–water partition coefficient (Wildman–Crippen LogP) is 1.57. The maximum absolute atomic E-state index is 12.6. The third-order valence-electron chi connectivity index (χ3n) is 4.24. The minimum atomic E-state index is -0.0415. The van der Waals surface area contributed by atoms with E-state index in [2.05, 4.69) is 29.5 Å². The molecular formula is C16H22ClN5O. The zero-order valence-electron chi connectivity index (χ0n) is 13.3. The minimum absolute atomic E-state index is 0. The summed E-state index contributed by atoms with van der Waals surface area (Å²) in [5.41, 5.74) is 1.55. The molecule has 3 rings (SSSR count). The van der Waals surface area contributed by atoms with Gasteiger partial charge in [0, 0.05) is 25.2 Å². The first-order chi connectivity index (χ1) is 10.6. The highest BCUT2D eigenvalue weighted by Gasteiger charge is 2.30. The van der Waals surface area contributed by atoms with Gasteiger partial charge in [0.15, 0.2) is 5.69 Å². The molecule has 1 fully saturated rings. The fraction of sp³-hybridized carbons (Fsp3) is 0.438. The number of nitrogens with one attached hydrogen (secondary N) is 1. The van der Waals surface area contributed by atoms with E-state index in [0.717, 1.165) is 12.1 Å². The molecule has 124 valence electrons. The molecular weight excluding hydrogens is 314 g/mol. The van der Waals surface area contributed by atoms with Crippen LogP contribution in [0.1, 0.15) is 29.9 Å². The van der Waals surface area contributed by atoms with Crippen molar-refractivity contribution in [3.8, 4) is 0 Å². The van der Waals surface area contributed by atoms with Crippen LogP contribution in [0.2, 0.25) is 0 Å². The summed E-state index contributed by atoms with van der Waals surface area (Å²) in [6.07, 6.45) is 1.73. The molecule has 1 aliphatic rings. The number of carbonyl (C=O) groups excluding carboxylic acids is 1. The fourth-order valence-electron chi connectivity index (χ4n) is 2.73. The molecule has 2 unspecified atom stereocenters. The molecule has 0 saturated carbocycles. The van der Waals surface area contributed by atoms with E-state index >= 15 is 0 Å². The summed E-state index contributed by atoms with van der Waals surface area (Å²) in [5, 5.41) is 11.5. The number of amides is 1. The van der Waals surface area contributed by atoms with Crippen LogP contribution in [-0.2, 0) is 6.54 Å². The van der Waals surface area contributed by atoms with Gasteiger partial charge in [0.25, 0.3) is 5.91 Å². The van der Waals surface area contributed by atoms with Gasteiger partial charge < -0.3 is 10.2 Å². The zero-order chi connectivity index (χ0) is 15.5. The Balaban J connectivity index is 0.00000192. The molecule has 7 heteroatoms. The van der Waals surface area contributed by atoms with Gasteiger partial charge in [-0.25, -0.2) is 4.68 Å². The van der Waals surface area contributed by atoms with Crippen molar-refractivity contribution < 1.29 is 4.79 Å². The number of hydrogen-bond donors (Lipinski definition) is 1. The molecule has 6 nitrogen and oxygen atoms in total. The first-order valence-corrected chi connectivity index (χ1v) is 7.63. The summed E-state index contributed by atoms with van der Waals surface area (Å²) in [6.45, 7) is 6.29. The average Bonchev–Trinajstić information content (AvgIpc) is 2.99. The van der Waals surface area contributed by atoms with Crippen LogP contribution in [0.4, 0.5) is 0 Å². The average molecular weight is 336 g/mol. The summed E-state index contributed by atoms with van der Waals surface area (Å²) in [4.78, 5) is 14.5. The van der Waals surface area contributed by atoms with Crippen molar-refractivity contribution >= 4 is 18.3 Å². The van der Waals surface area contributed by atoms with Gasteiger partial charge >= 0.3 is 0 Å². The Bertz CT molecular complexity index is 645. The number of piperazine rings is 1. The van der Waals surface area contributed by atoms with Crippen molar-refractivity contribution in [1.82, 2.24) is 25.2 Å². The predicted molar refractivity (Wildman–Crippen MR) is 90.8 cm³/mol. The number of nitrogens with zero attached hydrogens (tertiary/aromatic N) is 4. The third kappa shape index (κ3) is 3.89. The summed E-state index contributed by atoms with van der Waals surface area (Å²) in [6, 6.07) is 10.5. The largest absolute Gasteiger partial charge is 0.332 e. The summed E-state index contributed by atoms with van der Waals surface area (Å²) in [5.74, 6) is -0.0415. The molecule has 2 aromatic rings. The van der Waals surface area contributed by atoms with Gasteiger partial charge in [-0.1, -0.05) is 35.5 Å². The van der Waals surface area contributed by atoms with Crippen LogP contribution in [-0.4, -0.2) is 51.0 Å².